The van der Waals surface area contributed by atoms with Gasteiger partial charge in [-0.2, -0.15) is 9.61 Å². The normalized spacial score (nSPS) is 15.9. The van der Waals surface area contributed by atoms with Crippen molar-refractivity contribution in [1.82, 2.24) is 24.2 Å². The number of hydrogen-bond acceptors (Lipinski definition) is 8. The summed E-state index contributed by atoms with van der Waals surface area (Å²) < 4.78 is 33.4. The molecule has 6 rings (SSSR count). The Bertz CT molecular complexity index is 1780. The van der Waals surface area contributed by atoms with Crippen LogP contribution < -0.4 is 14.8 Å². The molecule has 0 unspecified atom stereocenters. The number of nitrogens with zero attached hydrogens (tertiary/aromatic N) is 4. The number of fused-ring (bicyclic) bond motifs is 3. The van der Waals surface area contributed by atoms with Crippen molar-refractivity contribution >= 4 is 39.0 Å². The molecule has 11 nitrogen and oxygen atoms in total. The van der Waals surface area contributed by atoms with Crippen LogP contribution in [0.4, 0.5) is 11.5 Å². The summed E-state index contributed by atoms with van der Waals surface area (Å²) in [7, 11) is -3.79. The van der Waals surface area contributed by atoms with E-state index < -0.39 is 15.9 Å². The van der Waals surface area contributed by atoms with Crippen LogP contribution >= 0.6 is 0 Å². The quantitative estimate of drug-likeness (QED) is 0.358. The van der Waals surface area contributed by atoms with Gasteiger partial charge in [-0.25, -0.2) is 18.1 Å². The highest BCUT2D eigenvalue weighted by atomic mass is 32.2. The molecule has 12 heteroatoms. The summed E-state index contributed by atoms with van der Waals surface area (Å²) in [6.45, 7) is 5.06. The number of rotatable bonds is 6. The molecule has 212 valence electrons. The molecular weight excluding hydrogens is 544 g/mol. The molecule has 2 aromatic carbocycles. The molecule has 0 aliphatic carbocycles. The summed E-state index contributed by atoms with van der Waals surface area (Å²) in [5.41, 5.74) is 3.17. The molecule has 2 N–H and O–H groups in total. The first kappa shape index (κ1) is 26.8. The highest BCUT2D eigenvalue weighted by molar-refractivity contribution is 7.90. The highest BCUT2D eigenvalue weighted by Gasteiger charge is 2.44. The van der Waals surface area contributed by atoms with Crippen LogP contribution in [0.3, 0.4) is 0 Å². The minimum atomic E-state index is -3.79. The molecule has 2 amide bonds. The molecule has 1 fully saturated rings. The second kappa shape index (κ2) is 10.2. The molecule has 0 radical (unpaired) electrons. The second-order valence-electron chi connectivity index (χ2n) is 10.4. The van der Waals surface area contributed by atoms with Gasteiger partial charge in [-0.1, -0.05) is 36.4 Å². The topological polar surface area (TPSA) is 135 Å². The van der Waals surface area contributed by atoms with Crippen LogP contribution in [-0.2, 0) is 15.4 Å². The first-order valence-corrected chi connectivity index (χ1v) is 15.1. The van der Waals surface area contributed by atoms with Crippen molar-refractivity contribution < 1.29 is 22.7 Å². The van der Waals surface area contributed by atoms with Gasteiger partial charge in [0.2, 0.25) is 10.0 Å². The van der Waals surface area contributed by atoms with Gasteiger partial charge in [-0.05, 0) is 44.4 Å². The van der Waals surface area contributed by atoms with Crippen LogP contribution in [0.1, 0.15) is 51.6 Å². The number of hydrogen-bond donors (Lipinski definition) is 2. The average Bonchev–Trinajstić information content (AvgIpc) is 3.57. The number of carbonyl (C=O) groups is 2. The summed E-state index contributed by atoms with van der Waals surface area (Å²) in [6, 6.07) is 15.7. The molecule has 0 saturated carbocycles. The largest absolute Gasteiger partial charge is 0.492 e. The zero-order valence-electron chi connectivity index (χ0n) is 22.8. The molecule has 2 aliphatic heterocycles. The predicted octanol–water partition coefficient (Wildman–Crippen LogP) is 3.43. The van der Waals surface area contributed by atoms with Gasteiger partial charge in [0.15, 0.2) is 5.65 Å². The summed E-state index contributed by atoms with van der Waals surface area (Å²) in [4.78, 5) is 33.0. The van der Waals surface area contributed by atoms with Crippen LogP contribution in [0.15, 0.2) is 60.9 Å². The molecule has 0 atom stereocenters. The Morgan fingerprint density at radius 3 is 2.51 bits per heavy atom. The lowest BCUT2D eigenvalue weighted by molar-refractivity contribution is 0.0646. The zero-order chi connectivity index (χ0) is 28.8. The Morgan fingerprint density at radius 1 is 1.02 bits per heavy atom. The Morgan fingerprint density at radius 2 is 1.76 bits per heavy atom. The lowest BCUT2D eigenvalue weighted by atomic mass is 9.74. The number of carbonyl (C=O) groups excluding carboxylic acids is 2. The van der Waals surface area contributed by atoms with E-state index in [1.807, 2.05) is 59.0 Å². The van der Waals surface area contributed by atoms with Gasteiger partial charge in [0.25, 0.3) is 11.8 Å². The number of benzene rings is 2. The van der Waals surface area contributed by atoms with Crippen molar-refractivity contribution in [3.63, 3.8) is 0 Å². The van der Waals surface area contributed by atoms with E-state index in [0.29, 0.717) is 25.5 Å². The van der Waals surface area contributed by atoms with Crippen molar-refractivity contribution in [2.75, 3.05) is 30.8 Å². The summed E-state index contributed by atoms with van der Waals surface area (Å²) >= 11 is 0. The molecule has 1 spiro atoms. The van der Waals surface area contributed by atoms with E-state index in [1.165, 1.54) is 29.4 Å². The smallest absolute Gasteiger partial charge is 0.270 e. The SMILES string of the molecule is CCS(=O)(=O)NC(=O)c1cnn2c(Nc3ccccc3C)c(C(=O)N3CCC4(CC3)COc3ccccc34)cnc12. The molecule has 2 aromatic heterocycles. The number of sulfonamides is 1. The first-order valence-electron chi connectivity index (χ1n) is 13.5. The number of aromatic nitrogens is 3. The molecule has 2 aliphatic rings. The third-order valence-electron chi connectivity index (χ3n) is 8.00. The van der Waals surface area contributed by atoms with Crippen molar-refractivity contribution in [1.29, 1.82) is 0 Å². The monoisotopic (exact) mass is 574 g/mol. The molecule has 1 saturated heterocycles. The standard InChI is InChI=1S/C29H30N6O5S/c1-3-41(38,39)33-27(36)20-17-31-35-25(20)30-16-21(26(35)32-23-10-6-4-8-19(23)2)28(37)34-14-12-29(13-15-34)18-40-24-11-7-5-9-22(24)29/h4-11,16-17,32H,3,12-15,18H2,1-2H3,(H,33,36). The van der Waals surface area contributed by atoms with Crippen molar-refractivity contribution in [3.8, 4) is 5.75 Å². The van der Waals surface area contributed by atoms with E-state index in [2.05, 4.69) is 21.5 Å². The van der Waals surface area contributed by atoms with Gasteiger partial charge >= 0.3 is 0 Å². The van der Waals surface area contributed by atoms with Crippen LogP contribution in [0.2, 0.25) is 0 Å². The van der Waals surface area contributed by atoms with Gasteiger partial charge in [-0.3, -0.25) is 9.59 Å². The van der Waals surface area contributed by atoms with Gasteiger partial charge in [0.05, 0.1) is 18.6 Å². The van der Waals surface area contributed by atoms with E-state index in [1.54, 1.807) is 0 Å². The molecule has 41 heavy (non-hydrogen) atoms. The Balaban J connectivity index is 1.34. The Hall–Kier alpha value is -4.45. The molecule has 0 bridgehead atoms. The van der Waals surface area contributed by atoms with E-state index >= 15 is 0 Å². The van der Waals surface area contributed by atoms with Gasteiger partial charge in [0, 0.05) is 36.0 Å². The number of ether oxygens (including phenoxy) is 1. The van der Waals surface area contributed by atoms with Gasteiger partial charge in [-0.15, -0.1) is 0 Å². The van der Waals surface area contributed by atoms with Crippen LogP contribution in [0, 0.1) is 6.92 Å². The molecule has 4 aromatic rings. The Labute approximate surface area is 237 Å². The van der Waals surface area contributed by atoms with Crippen LogP contribution in [0.25, 0.3) is 5.65 Å². The van der Waals surface area contributed by atoms with Crippen molar-refractivity contribution in [3.05, 3.63) is 83.2 Å². The number of likely N-dealkylation sites (tertiary alicyclic amines) is 1. The lowest BCUT2D eigenvalue weighted by Crippen LogP contribution is -2.46. The van der Waals surface area contributed by atoms with Gasteiger partial charge < -0.3 is 15.0 Å². The predicted molar refractivity (Wildman–Crippen MR) is 153 cm³/mol. The van der Waals surface area contributed by atoms with E-state index in [-0.39, 0.29) is 33.8 Å². The summed E-state index contributed by atoms with van der Waals surface area (Å²) in [5, 5.41) is 7.66. The summed E-state index contributed by atoms with van der Waals surface area (Å²) in [5.74, 6) is -0.0550. The molecular formula is C29H30N6O5S. The van der Waals surface area contributed by atoms with Crippen LogP contribution in [0.5, 0.6) is 5.75 Å². The number of amides is 2. The van der Waals surface area contributed by atoms with Crippen LogP contribution in [-0.4, -0.2) is 65.2 Å². The number of anilines is 2. The maximum atomic E-state index is 14.0. The maximum Gasteiger partial charge on any atom is 0.270 e. The third kappa shape index (κ3) is 4.77. The van der Waals surface area contributed by atoms with E-state index in [9.17, 15) is 18.0 Å². The number of aryl methyl sites for hydroxylation is 1. The maximum absolute atomic E-state index is 14.0. The first-order chi connectivity index (χ1) is 19.7. The van der Waals surface area contributed by atoms with Gasteiger partial charge in [0.1, 0.15) is 22.7 Å². The minimum absolute atomic E-state index is 0.0197. The fourth-order valence-electron chi connectivity index (χ4n) is 5.52. The van der Waals surface area contributed by atoms with E-state index in [0.717, 1.165) is 29.8 Å². The number of para-hydroxylation sites is 2. The minimum Gasteiger partial charge on any atom is -0.492 e. The average molecular weight is 575 g/mol. The summed E-state index contributed by atoms with van der Waals surface area (Å²) in [6.07, 6.45) is 4.21. The fourth-order valence-corrected chi connectivity index (χ4v) is 6.06. The zero-order valence-corrected chi connectivity index (χ0v) is 23.6. The number of nitrogens with one attached hydrogen (secondary N) is 2. The van der Waals surface area contributed by atoms with E-state index in [4.69, 9.17) is 4.74 Å². The van der Waals surface area contributed by atoms with Crippen molar-refractivity contribution in [2.45, 2.75) is 32.1 Å². The highest BCUT2D eigenvalue weighted by Crippen LogP contribution is 2.45. The lowest BCUT2D eigenvalue weighted by Gasteiger charge is -2.38. The second-order valence-corrected chi connectivity index (χ2v) is 12.5. The van der Waals surface area contributed by atoms with Crippen molar-refractivity contribution in [2.24, 2.45) is 0 Å². The third-order valence-corrected chi connectivity index (χ3v) is 9.25. The molecule has 4 heterocycles. The Kier molecular flexibility index (Phi) is 6.65. The fraction of sp³-hybridized carbons (Fsp3) is 0.310. The number of piperidine rings is 1.